The lowest BCUT2D eigenvalue weighted by atomic mass is 10.0. The molecule has 0 aliphatic carbocycles. The molecule has 1 aromatic heterocycles. The van der Waals surface area contributed by atoms with Gasteiger partial charge in [0.1, 0.15) is 11.6 Å². The summed E-state index contributed by atoms with van der Waals surface area (Å²) in [5.74, 6) is -1.01. The molecular formula is C16H19F2N3. The zero-order valence-electron chi connectivity index (χ0n) is 12.4. The van der Waals surface area contributed by atoms with Crippen LogP contribution in [0.15, 0.2) is 30.6 Å². The van der Waals surface area contributed by atoms with Crippen LogP contribution in [0, 0.1) is 18.6 Å². The molecular weight excluding hydrogens is 272 g/mol. The highest BCUT2D eigenvalue weighted by atomic mass is 19.1. The number of aromatic nitrogens is 2. The zero-order valence-corrected chi connectivity index (χ0v) is 12.4. The van der Waals surface area contributed by atoms with Crippen LogP contribution in [0.4, 0.5) is 8.78 Å². The Hall–Kier alpha value is -1.88. The Morgan fingerprint density at radius 3 is 2.33 bits per heavy atom. The molecule has 3 nitrogen and oxygen atoms in total. The van der Waals surface area contributed by atoms with Crippen LogP contribution in [0.25, 0.3) is 0 Å². The van der Waals surface area contributed by atoms with Crippen molar-refractivity contribution in [3.05, 3.63) is 59.2 Å². The molecule has 0 saturated heterocycles. The molecule has 2 aromatic rings. The normalized spacial score (nSPS) is 14.0. The summed E-state index contributed by atoms with van der Waals surface area (Å²) in [5.41, 5.74) is 1.81. The predicted molar refractivity (Wildman–Crippen MR) is 77.8 cm³/mol. The van der Waals surface area contributed by atoms with Gasteiger partial charge in [0.2, 0.25) is 0 Å². The molecule has 2 atom stereocenters. The molecule has 1 N–H and O–H groups in total. The summed E-state index contributed by atoms with van der Waals surface area (Å²) in [7, 11) is 0. The lowest BCUT2D eigenvalue weighted by Crippen LogP contribution is -2.32. The van der Waals surface area contributed by atoms with Crippen molar-refractivity contribution in [3.8, 4) is 0 Å². The van der Waals surface area contributed by atoms with Crippen LogP contribution >= 0.6 is 0 Å². The van der Waals surface area contributed by atoms with Crippen molar-refractivity contribution in [2.24, 2.45) is 0 Å². The molecule has 1 heterocycles. The van der Waals surface area contributed by atoms with Gasteiger partial charge in [-0.1, -0.05) is 6.07 Å². The first-order valence-electron chi connectivity index (χ1n) is 6.95. The molecule has 0 bridgehead atoms. The SMILES string of the molecule is Cc1nccnc1C(C)NC(C)Cc1c(F)cccc1F. The van der Waals surface area contributed by atoms with Gasteiger partial charge in [-0.15, -0.1) is 0 Å². The first kappa shape index (κ1) is 15.5. The fraction of sp³-hybridized carbons (Fsp3) is 0.375. The van der Waals surface area contributed by atoms with E-state index in [0.717, 1.165) is 11.4 Å². The maximum Gasteiger partial charge on any atom is 0.129 e. The summed E-state index contributed by atoms with van der Waals surface area (Å²) in [6, 6.07) is 3.80. The molecule has 5 heteroatoms. The van der Waals surface area contributed by atoms with E-state index < -0.39 is 11.6 Å². The van der Waals surface area contributed by atoms with Crippen molar-refractivity contribution in [3.63, 3.8) is 0 Å². The molecule has 21 heavy (non-hydrogen) atoms. The van der Waals surface area contributed by atoms with Gasteiger partial charge in [-0.25, -0.2) is 8.78 Å². The van der Waals surface area contributed by atoms with Gasteiger partial charge in [0.05, 0.1) is 11.4 Å². The molecule has 0 fully saturated rings. The van der Waals surface area contributed by atoms with E-state index in [9.17, 15) is 8.78 Å². The number of hydrogen-bond donors (Lipinski definition) is 1. The summed E-state index contributed by atoms with van der Waals surface area (Å²) in [6.45, 7) is 5.75. The molecule has 0 aliphatic heterocycles. The van der Waals surface area contributed by atoms with E-state index in [4.69, 9.17) is 0 Å². The Kier molecular flexibility index (Phi) is 4.96. The van der Waals surface area contributed by atoms with Crippen molar-refractivity contribution < 1.29 is 8.78 Å². The van der Waals surface area contributed by atoms with Gasteiger partial charge in [-0.2, -0.15) is 0 Å². The number of rotatable bonds is 5. The molecule has 0 amide bonds. The van der Waals surface area contributed by atoms with Crippen molar-refractivity contribution >= 4 is 0 Å². The third kappa shape index (κ3) is 3.82. The van der Waals surface area contributed by atoms with E-state index in [1.807, 2.05) is 20.8 Å². The average molecular weight is 291 g/mol. The molecule has 2 rings (SSSR count). The fourth-order valence-electron chi connectivity index (χ4n) is 2.44. The molecule has 112 valence electrons. The van der Waals surface area contributed by atoms with Gasteiger partial charge in [0.25, 0.3) is 0 Å². The largest absolute Gasteiger partial charge is 0.306 e. The van der Waals surface area contributed by atoms with Crippen LogP contribution in [-0.4, -0.2) is 16.0 Å². The minimum Gasteiger partial charge on any atom is -0.306 e. The number of aryl methyl sites for hydroxylation is 1. The average Bonchev–Trinajstić information content (AvgIpc) is 2.43. The Labute approximate surface area is 123 Å². The van der Waals surface area contributed by atoms with Gasteiger partial charge in [0.15, 0.2) is 0 Å². The number of nitrogens with one attached hydrogen (secondary N) is 1. The molecule has 0 spiro atoms. The topological polar surface area (TPSA) is 37.8 Å². The minimum atomic E-state index is -0.507. The molecule has 2 unspecified atom stereocenters. The van der Waals surface area contributed by atoms with Gasteiger partial charge >= 0.3 is 0 Å². The van der Waals surface area contributed by atoms with Crippen LogP contribution in [0.5, 0.6) is 0 Å². The number of halogens is 2. The van der Waals surface area contributed by atoms with Crippen molar-refractivity contribution in [2.45, 2.75) is 39.3 Å². The van der Waals surface area contributed by atoms with Crippen LogP contribution in [-0.2, 0) is 6.42 Å². The third-order valence-electron chi connectivity index (χ3n) is 3.44. The maximum atomic E-state index is 13.6. The van der Waals surface area contributed by atoms with Gasteiger partial charge in [0, 0.05) is 30.0 Å². The standard InChI is InChI=1S/C16H19F2N3/c1-10(9-13-14(17)5-4-6-15(13)18)21-12(3)16-11(2)19-7-8-20-16/h4-8,10,12,21H,9H2,1-3H3. The summed E-state index contributed by atoms with van der Waals surface area (Å²) in [5, 5.41) is 3.30. The van der Waals surface area contributed by atoms with Crippen LogP contribution < -0.4 is 5.32 Å². The monoisotopic (exact) mass is 291 g/mol. The number of nitrogens with zero attached hydrogens (tertiary/aromatic N) is 2. The van der Waals surface area contributed by atoms with Crippen LogP contribution in [0.1, 0.15) is 36.8 Å². The highest BCUT2D eigenvalue weighted by Crippen LogP contribution is 2.17. The van der Waals surface area contributed by atoms with Gasteiger partial charge in [-0.3, -0.25) is 9.97 Å². The van der Waals surface area contributed by atoms with Crippen LogP contribution in [0.3, 0.4) is 0 Å². The Balaban J connectivity index is 2.05. The maximum absolute atomic E-state index is 13.6. The smallest absolute Gasteiger partial charge is 0.129 e. The van der Waals surface area contributed by atoms with E-state index in [1.54, 1.807) is 12.4 Å². The molecule has 0 aliphatic rings. The Morgan fingerprint density at radius 1 is 1.10 bits per heavy atom. The van der Waals surface area contributed by atoms with Gasteiger partial charge in [-0.05, 0) is 39.3 Å². The van der Waals surface area contributed by atoms with Crippen LogP contribution in [0.2, 0.25) is 0 Å². The van der Waals surface area contributed by atoms with E-state index in [1.165, 1.54) is 18.2 Å². The van der Waals surface area contributed by atoms with E-state index in [-0.39, 0.29) is 24.1 Å². The molecule has 0 saturated carbocycles. The highest BCUT2D eigenvalue weighted by Gasteiger charge is 2.16. The summed E-state index contributed by atoms with van der Waals surface area (Å²) < 4.78 is 27.3. The van der Waals surface area contributed by atoms with Crippen molar-refractivity contribution in [1.82, 2.24) is 15.3 Å². The Morgan fingerprint density at radius 2 is 1.71 bits per heavy atom. The van der Waals surface area contributed by atoms with Gasteiger partial charge < -0.3 is 5.32 Å². The second kappa shape index (κ2) is 6.72. The summed E-state index contributed by atoms with van der Waals surface area (Å²) >= 11 is 0. The summed E-state index contributed by atoms with van der Waals surface area (Å²) in [6.07, 6.45) is 3.56. The second-order valence-electron chi connectivity index (χ2n) is 5.22. The van der Waals surface area contributed by atoms with E-state index in [0.29, 0.717) is 0 Å². The molecule has 0 radical (unpaired) electrons. The second-order valence-corrected chi connectivity index (χ2v) is 5.22. The summed E-state index contributed by atoms with van der Waals surface area (Å²) in [4.78, 5) is 8.50. The fourth-order valence-corrected chi connectivity index (χ4v) is 2.44. The zero-order chi connectivity index (χ0) is 15.4. The van der Waals surface area contributed by atoms with Crippen molar-refractivity contribution in [2.75, 3.05) is 0 Å². The lowest BCUT2D eigenvalue weighted by Gasteiger charge is -2.21. The minimum absolute atomic E-state index is 0.0384. The Bertz CT molecular complexity index is 596. The first-order valence-corrected chi connectivity index (χ1v) is 6.95. The van der Waals surface area contributed by atoms with E-state index in [2.05, 4.69) is 15.3 Å². The first-order chi connectivity index (χ1) is 9.99. The third-order valence-corrected chi connectivity index (χ3v) is 3.44. The quantitative estimate of drug-likeness (QED) is 0.918. The number of benzene rings is 1. The number of hydrogen-bond acceptors (Lipinski definition) is 3. The van der Waals surface area contributed by atoms with E-state index >= 15 is 0 Å². The highest BCUT2D eigenvalue weighted by molar-refractivity contribution is 5.21. The predicted octanol–water partition coefficient (Wildman–Crippen LogP) is 3.35. The van der Waals surface area contributed by atoms with Crippen molar-refractivity contribution in [1.29, 1.82) is 0 Å². The lowest BCUT2D eigenvalue weighted by molar-refractivity contribution is 0.450. The molecule has 1 aromatic carbocycles.